The van der Waals surface area contributed by atoms with Crippen LogP contribution in [0.2, 0.25) is 5.79 Å². The number of aryl methyl sites for hydroxylation is 1. The largest absolute Gasteiger partial charge is 0.476 e. The normalized spacial score (nSPS) is 11.2. The minimum Gasteiger partial charge on any atom is -0.476 e. The Morgan fingerprint density at radius 1 is 0.964 bits per heavy atom. The average Bonchev–Trinajstić information content (AvgIpc) is 2.67. The van der Waals surface area contributed by atoms with Gasteiger partial charge in [0, 0.05) is 11.9 Å². The highest BCUT2D eigenvalue weighted by Crippen LogP contribution is 2.20. The average molecular weight is 385 g/mol. The van der Waals surface area contributed by atoms with Crippen LogP contribution in [0.25, 0.3) is 0 Å². The first-order valence-electron chi connectivity index (χ1n) is 10.1. The minimum absolute atomic E-state index is 0.547. The maximum atomic E-state index is 4.71. The first-order valence-corrected chi connectivity index (χ1v) is 12.6. The molecule has 3 aromatic carbocycles. The smallest absolute Gasteiger partial charge is 0.412 e. The molecule has 0 saturated heterocycles. The van der Waals surface area contributed by atoms with E-state index in [1.807, 2.05) is 6.21 Å². The lowest BCUT2D eigenvalue weighted by molar-refractivity contribution is 0.867. The van der Waals surface area contributed by atoms with Gasteiger partial charge in [0.1, 0.15) is 0 Å². The fourth-order valence-corrected chi connectivity index (χ4v) is 5.22. The lowest BCUT2D eigenvalue weighted by Crippen LogP contribution is -2.24. The summed E-state index contributed by atoms with van der Waals surface area (Å²) in [7, 11) is 0. The molecule has 142 valence electrons. The van der Waals surface area contributed by atoms with Gasteiger partial charge in [-0.2, -0.15) is 0 Å². The molecule has 0 unspecified atom stereocenters. The third-order valence-electron chi connectivity index (χ3n) is 4.92. The molecule has 0 aliphatic carbocycles. The minimum atomic E-state index is -1.13. The zero-order valence-corrected chi connectivity index (χ0v) is 18.5. The van der Waals surface area contributed by atoms with E-state index in [0.29, 0.717) is 5.92 Å². The molecule has 0 aromatic heterocycles. The van der Waals surface area contributed by atoms with Crippen LogP contribution in [0.1, 0.15) is 42.0 Å². The second kappa shape index (κ2) is 9.74. The predicted molar refractivity (Wildman–Crippen MR) is 124 cm³/mol. The van der Waals surface area contributed by atoms with E-state index >= 15 is 0 Å². The SMILES string of the molecule is Cc1cccc([NH][Al]([CH3])[CH2]c2ccccc2C=Nc2ccc(C(C)C)cc2)c1. The van der Waals surface area contributed by atoms with Crippen LogP contribution in [-0.2, 0) is 5.28 Å². The summed E-state index contributed by atoms with van der Waals surface area (Å²) in [4.78, 5) is 4.71. The van der Waals surface area contributed by atoms with E-state index < -0.39 is 14.4 Å². The van der Waals surface area contributed by atoms with Crippen LogP contribution in [-0.4, -0.2) is 20.6 Å². The van der Waals surface area contributed by atoms with E-state index in [9.17, 15) is 0 Å². The summed E-state index contributed by atoms with van der Waals surface area (Å²) < 4.78 is 3.74. The molecule has 3 aromatic rings. The fraction of sp³-hybridized carbons (Fsp3) is 0.240. The molecule has 1 N–H and O–H groups in total. The monoisotopic (exact) mass is 384 g/mol. The van der Waals surface area contributed by atoms with Crippen LogP contribution in [0.4, 0.5) is 11.4 Å². The number of hydrogen-bond acceptors (Lipinski definition) is 2. The summed E-state index contributed by atoms with van der Waals surface area (Å²) in [5, 5.41) is 1.09. The van der Waals surface area contributed by atoms with Gasteiger partial charge < -0.3 is 4.30 Å². The van der Waals surface area contributed by atoms with E-state index in [4.69, 9.17) is 4.99 Å². The Morgan fingerprint density at radius 3 is 2.43 bits per heavy atom. The zero-order chi connectivity index (χ0) is 19.9. The van der Waals surface area contributed by atoms with Crippen LogP contribution in [0.3, 0.4) is 0 Å². The molecule has 0 amide bonds. The van der Waals surface area contributed by atoms with Gasteiger partial charge in [-0.15, -0.1) is 0 Å². The number of anilines is 1. The molecular formula is C25H29AlN2. The van der Waals surface area contributed by atoms with E-state index in [0.717, 1.165) is 11.0 Å². The van der Waals surface area contributed by atoms with Crippen molar-refractivity contribution in [2.24, 2.45) is 4.99 Å². The van der Waals surface area contributed by atoms with Crippen molar-refractivity contribution in [2.75, 3.05) is 4.30 Å². The molecule has 0 bridgehead atoms. The van der Waals surface area contributed by atoms with Crippen molar-refractivity contribution in [3.05, 3.63) is 95.1 Å². The Labute approximate surface area is 174 Å². The lowest BCUT2D eigenvalue weighted by atomic mass is 10.0. The Balaban J connectivity index is 1.70. The number of aliphatic imine (C=N–C) groups is 1. The van der Waals surface area contributed by atoms with E-state index in [1.165, 1.54) is 27.9 Å². The van der Waals surface area contributed by atoms with Gasteiger partial charge in [-0.3, -0.25) is 4.99 Å². The zero-order valence-electron chi connectivity index (χ0n) is 17.3. The quantitative estimate of drug-likeness (QED) is 0.356. The second-order valence-corrected chi connectivity index (χ2v) is 10.3. The van der Waals surface area contributed by atoms with Crippen LogP contribution in [0, 0.1) is 6.92 Å². The summed E-state index contributed by atoms with van der Waals surface area (Å²) in [6.07, 6.45) is 2.01. The number of nitrogens with zero attached hydrogens (tertiary/aromatic N) is 1. The molecule has 3 heteroatoms. The molecule has 28 heavy (non-hydrogen) atoms. The standard InChI is InChI=1S/C17H18N.C7H8N.CH3.Al/c1-13(2)15-8-10-17(11-9-15)18-12-16-7-5-4-6-14(16)3;1-6-3-2-4-7(8)5-6;;/h4-13H,3H2,1-2H3;2-5,8H,1H3;1H3;/q;-1;;+1. The molecule has 0 atom stereocenters. The summed E-state index contributed by atoms with van der Waals surface area (Å²) in [6.45, 7) is 6.56. The van der Waals surface area contributed by atoms with Crippen molar-refractivity contribution in [3.63, 3.8) is 0 Å². The number of rotatable bonds is 7. The van der Waals surface area contributed by atoms with Gasteiger partial charge >= 0.3 is 14.4 Å². The topological polar surface area (TPSA) is 24.4 Å². The molecular weight excluding hydrogens is 355 g/mol. The summed E-state index contributed by atoms with van der Waals surface area (Å²) in [5.74, 6) is 2.91. The van der Waals surface area contributed by atoms with E-state index in [1.54, 1.807) is 0 Å². The third-order valence-corrected chi connectivity index (χ3v) is 6.80. The Hall–Kier alpha value is -2.34. The number of benzene rings is 3. The van der Waals surface area contributed by atoms with Crippen molar-refractivity contribution in [3.8, 4) is 0 Å². The maximum Gasteiger partial charge on any atom is 0.412 e. The van der Waals surface area contributed by atoms with E-state index in [-0.39, 0.29) is 0 Å². The van der Waals surface area contributed by atoms with Gasteiger partial charge in [0.25, 0.3) is 0 Å². The van der Waals surface area contributed by atoms with E-state index in [2.05, 4.69) is 104 Å². The van der Waals surface area contributed by atoms with Gasteiger partial charge in [0.15, 0.2) is 0 Å². The van der Waals surface area contributed by atoms with Crippen LogP contribution in [0.15, 0.2) is 77.8 Å². The molecule has 3 rings (SSSR count). The summed E-state index contributed by atoms with van der Waals surface area (Å²) in [6, 6.07) is 25.8. The lowest BCUT2D eigenvalue weighted by Gasteiger charge is -2.13. The highest BCUT2D eigenvalue weighted by atomic mass is 27.2. The molecule has 0 radical (unpaired) electrons. The number of hydrogen-bond donors (Lipinski definition) is 1. The molecule has 0 aliphatic rings. The fourth-order valence-electron chi connectivity index (χ4n) is 3.34. The van der Waals surface area contributed by atoms with Crippen molar-refractivity contribution < 1.29 is 0 Å². The first-order chi connectivity index (χ1) is 13.5. The third kappa shape index (κ3) is 5.83. The van der Waals surface area contributed by atoms with Gasteiger partial charge in [-0.05, 0) is 59.1 Å². The molecule has 0 spiro atoms. The van der Waals surface area contributed by atoms with Crippen molar-refractivity contribution in [1.82, 2.24) is 0 Å². The molecule has 0 fully saturated rings. The highest BCUT2D eigenvalue weighted by Gasteiger charge is 2.14. The summed E-state index contributed by atoms with van der Waals surface area (Å²) in [5.41, 5.74) is 7.45. The molecule has 2 nitrogen and oxygen atoms in total. The van der Waals surface area contributed by atoms with Crippen molar-refractivity contribution in [2.45, 2.75) is 37.8 Å². The van der Waals surface area contributed by atoms with Gasteiger partial charge in [-0.1, -0.05) is 73.7 Å². The van der Waals surface area contributed by atoms with Crippen molar-refractivity contribution in [1.29, 1.82) is 0 Å². The molecule has 0 aliphatic heterocycles. The van der Waals surface area contributed by atoms with Gasteiger partial charge in [0.2, 0.25) is 0 Å². The van der Waals surface area contributed by atoms with Gasteiger partial charge in [-0.25, -0.2) is 0 Å². The number of nitrogens with one attached hydrogen (secondary N) is 1. The van der Waals surface area contributed by atoms with Crippen LogP contribution in [0.5, 0.6) is 0 Å². The molecule has 0 heterocycles. The predicted octanol–water partition coefficient (Wildman–Crippen LogP) is 6.68. The second-order valence-electron chi connectivity index (χ2n) is 7.82. The van der Waals surface area contributed by atoms with Crippen molar-refractivity contribution >= 4 is 32.0 Å². The summed E-state index contributed by atoms with van der Waals surface area (Å²) >= 11 is -1.13. The Morgan fingerprint density at radius 2 is 1.71 bits per heavy atom. The molecule has 0 saturated carbocycles. The Bertz CT molecular complexity index is 929. The van der Waals surface area contributed by atoms with Crippen LogP contribution >= 0.6 is 0 Å². The maximum absolute atomic E-state index is 4.71. The highest BCUT2D eigenvalue weighted by molar-refractivity contribution is 6.60. The first kappa shape index (κ1) is 20.4. The van der Waals surface area contributed by atoms with Crippen LogP contribution < -0.4 is 4.30 Å². The Kier molecular flexibility index (Phi) is 7.09. The van der Waals surface area contributed by atoms with Gasteiger partial charge in [0.05, 0.1) is 5.69 Å².